The van der Waals surface area contributed by atoms with Crippen molar-refractivity contribution in [3.05, 3.63) is 30.2 Å². The molecule has 0 spiro atoms. The summed E-state index contributed by atoms with van der Waals surface area (Å²) in [7, 11) is 2.78. The molecule has 0 aliphatic carbocycles. The van der Waals surface area contributed by atoms with Gasteiger partial charge in [-0.05, 0) is 18.6 Å². The van der Waals surface area contributed by atoms with E-state index in [4.69, 9.17) is 9.26 Å². The standard InChI is InChI=1S/C19H20N5O4/c1-4-5-9-15-21-16(22-28-15)12-7-6-8-13(10-12)27-18-14(11-20)17(25)23(2)19(26)24(18)3/h6-8,10,14H,4-5,9H2,1-3H3/q+1. The van der Waals surface area contributed by atoms with Crippen molar-refractivity contribution in [1.82, 2.24) is 15.0 Å². The predicted octanol–water partition coefficient (Wildman–Crippen LogP) is 2.23. The van der Waals surface area contributed by atoms with Gasteiger partial charge in [-0.25, -0.2) is 4.79 Å². The molecule has 3 rings (SSSR count). The molecule has 1 aliphatic heterocycles. The van der Waals surface area contributed by atoms with Crippen LogP contribution in [0.3, 0.4) is 0 Å². The van der Waals surface area contributed by atoms with Crippen molar-refractivity contribution in [2.24, 2.45) is 5.92 Å². The quantitative estimate of drug-likeness (QED) is 0.729. The van der Waals surface area contributed by atoms with Gasteiger partial charge >= 0.3 is 11.9 Å². The molecule has 3 amide bonds. The zero-order chi connectivity index (χ0) is 20.3. The molecule has 1 unspecified atom stereocenters. The topological polar surface area (TPSA) is 112 Å². The third-order valence-corrected chi connectivity index (χ3v) is 4.38. The number of aryl methyl sites for hydroxylation is 1. The number of nitriles is 1. The van der Waals surface area contributed by atoms with Crippen LogP contribution in [0.1, 0.15) is 25.7 Å². The molecule has 1 aromatic carbocycles. The van der Waals surface area contributed by atoms with Crippen molar-refractivity contribution in [3.8, 4) is 23.2 Å². The van der Waals surface area contributed by atoms with Crippen molar-refractivity contribution in [1.29, 1.82) is 5.26 Å². The molecule has 0 bridgehead atoms. The highest BCUT2D eigenvalue weighted by molar-refractivity contribution is 6.10. The number of hydrogen-bond donors (Lipinski definition) is 0. The van der Waals surface area contributed by atoms with Crippen LogP contribution < -0.4 is 4.74 Å². The summed E-state index contributed by atoms with van der Waals surface area (Å²) in [5.74, 6) is -0.539. The second-order valence-corrected chi connectivity index (χ2v) is 6.38. The second-order valence-electron chi connectivity index (χ2n) is 6.38. The number of urea groups is 1. The number of aromatic nitrogens is 2. The number of hydrogen-bond acceptors (Lipinski definition) is 7. The second kappa shape index (κ2) is 8.00. The van der Waals surface area contributed by atoms with E-state index in [1.807, 2.05) is 6.07 Å². The lowest BCUT2D eigenvalue weighted by atomic mass is 10.1. The van der Waals surface area contributed by atoms with E-state index in [9.17, 15) is 14.9 Å². The van der Waals surface area contributed by atoms with E-state index < -0.39 is 17.9 Å². The highest BCUT2D eigenvalue weighted by Crippen LogP contribution is 2.24. The molecule has 28 heavy (non-hydrogen) atoms. The Bertz CT molecular complexity index is 988. The van der Waals surface area contributed by atoms with Gasteiger partial charge in [-0.15, -0.1) is 0 Å². The van der Waals surface area contributed by atoms with Crippen LogP contribution in [0.25, 0.3) is 11.4 Å². The van der Waals surface area contributed by atoms with E-state index in [2.05, 4.69) is 17.1 Å². The largest absolute Gasteiger partial charge is 0.503 e. The number of amides is 3. The highest BCUT2D eigenvalue weighted by atomic mass is 16.5. The van der Waals surface area contributed by atoms with E-state index in [0.717, 1.165) is 22.3 Å². The number of carbonyl (C=O) groups is 2. The van der Waals surface area contributed by atoms with E-state index >= 15 is 0 Å². The number of benzene rings is 1. The maximum Gasteiger partial charge on any atom is 0.503 e. The first-order valence-corrected chi connectivity index (χ1v) is 8.88. The van der Waals surface area contributed by atoms with Gasteiger partial charge in [-0.2, -0.15) is 24.5 Å². The molecule has 0 N–H and O–H groups in total. The van der Waals surface area contributed by atoms with Crippen LogP contribution in [0.15, 0.2) is 28.8 Å². The average Bonchev–Trinajstić information content (AvgIpc) is 3.18. The molecule has 0 radical (unpaired) electrons. The molecular weight excluding hydrogens is 362 g/mol. The maximum absolute atomic E-state index is 12.2. The number of imide groups is 1. The first kappa shape index (κ1) is 19.2. The Morgan fingerprint density at radius 2 is 2.18 bits per heavy atom. The molecule has 9 nitrogen and oxygen atoms in total. The van der Waals surface area contributed by atoms with E-state index in [0.29, 0.717) is 29.4 Å². The highest BCUT2D eigenvalue weighted by Gasteiger charge is 2.47. The molecule has 1 aliphatic rings. The molecule has 2 aromatic rings. The van der Waals surface area contributed by atoms with E-state index in [1.54, 1.807) is 24.3 Å². The summed E-state index contributed by atoms with van der Waals surface area (Å²) < 4.78 is 12.2. The number of rotatable bonds is 5. The fourth-order valence-corrected chi connectivity index (χ4v) is 2.77. The minimum absolute atomic E-state index is 0.0375. The van der Waals surface area contributed by atoms with Crippen LogP contribution in [-0.4, -0.2) is 51.5 Å². The Kier molecular flexibility index (Phi) is 5.49. The van der Waals surface area contributed by atoms with Crippen molar-refractivity contribution >= 4 is 17.8 Å². The van der Waals surface area contributed by atoms with Gasteiger partial charge in [-0.3, -0.25) is 0 Å². The Morgan fingerprint density at radius 3 is 2.89 bits per heavy atom. The van der Waals surface area contributed by atoms with Crippen LogP contribution >= 0.6 is 0 Å². The molecule has 9 heteroatoms. The van der Waals surface area contributed by atoms with Crippen molar-refractivity contribution in [2.75, 3.05) is 14.1 Å². The molecule has 1 atom stereocenters. The normalized spacial score (nSPS) is 17.1. The summed E-state index contributed by atoms with van der Waals surface area (Å²) >= 11 is 0. The first-order chi connectivity index (χ1) is 13.5. The van der Waals surface area contributed by atoms with Crippen LogP contribution in [0, 0.1) is 17.2 Å². The predicted molar refractivity (Wildman–Crippen MR) is 97.4 cm³/mol. The summed E-state index contributed by atoms with van der Waals surface area (Å²) in [5.41, 5.74) is 0.659. The van der Waals surface area contributed by atoms with Crippen molar-refractivity contribution in [3.63, 3.8) is 0 Å². The smallest absolute Gasteiger partial charge is 0.425 e. The van der Waals surface area contributed by atoms with Gasteiger partial charge in [0.1, 0.15) is 5.75 Å². The average molecular weight is 382 g/mol. The molecule has 0 fully saturated rings. The molecule has 144 valence electrons. The van der Waals surface area contributed by atoms with E-state index in [-0.39, 0.29) is 5.90 Å². The number of ether oxygens (including phenoxy) is 1. The molecule has 2 heterocycles. The minimum atomic E-state index is -1.21. The number of carbonyl (C=O) groups excluding carboxylic acids is 2. The molecular formula is C19H20N5O4+. The van der Waals surface area contributed by atoms with Crippen molar-refractivity contribution in [2.45, 2.75) is 26.2 Å². The Balaban J connectivity index is 1.88. The van der Waals surface area contributed by atoms with Crippen LogP contribution in [0.2, 0.25) is 0 Å². The Labute approximate surface area is 161 Å². The molecule has 0 saturated heterocycles. The fraction of sp³-hybridized carbons (Fsp3) is 0.368. The van der Waals surface area contributed by atoms with Gasteiger partial charge < -0.3 is 9.26 Å². The summed E-state index contributed by atoms with van der Waals surface area (Å²) in [5, 5.41) is 13.4. The summed E-state index contributed by atoms with van der Waals surface area (Å²) in [6.07, 6.45) is 2.70. The number of nitrogens with zero attached hydrogens (tertiary/aromatic N) is 5. The lowest BCUT2D eigenvalue weighted by Gasteiger charge is -2.20. The molecule has 1 aromatic heterocycles. The van der Waals surface area contributed by atoms with Gasteiger partial charge in [0.2, 0.25) is 17.6 Å². The summed E-state index contributed by atoms with van der Waals surface area (Å²) in [6, 6.07) is 8.16. The third-order valence-electron chi connectivity index (χ3n) is 4.38. The van der Waals surface area contributed by atoms with Crippen LogP contribution in [0.5, 0.6) is 5.75 Å². The lowest BCUT2D eigenvalue weighted by molar-refractivity contribution is -0.415. The fourth-order valence-electron chi connectivity index (χ4n) is 2.77. The molecule has 0 saturated carbocycles. The SMILES string of the molecule is CCCCc1nc(-c2cccc(OC3=[N+](C)C(=O)N(C)C(=O)C3C#N)c2)no1. The van der Waals surface area contributed by atoms with E-state index in [1.165, 1.54) is 14.1 Å². The number of unbranched alkanes of at least 4 members (excludes halogenated alkanes) is 1. The minimum Gasteiger partial charge on any atom is -0.425 e. The monoisotopic (exact) mass is 382 g/mol. The lowest BCUT2D eigenvalue weighted by Crippen LogP contribution is -2.53. The third kappa shape index (κ3) is 3.62. The Morgan fingerprint density at radius 1 is 1.39 bits per heavy atom. The van der Waals surface area contributed by atoms with Gasteiger partial charge in [0, 0.05) is 12.0 Å². The van der Waals surface area contributed by atoms with Gasteiger partial charge in [0.25, 0.3) is 5.90 Å². The van der Waals surface area contributed by atoms with Crippen LogP contribution in [-0.2, 0) is 11.2 Å². The first-order valence-electron chi connectivity index (χ1n) is 8.88. The Hall–Kier alpha value is -3.54. The van der Waals surface area contributed by atoms with Gasteiger partial charge in [0.05, 0.1) is 20.2 Å². The summed E-state index contributed by atoms with van der Waals surface area (Å²) in [6.45, 7) is 2.08. The van der Waals surface area contributed by atoms with Crippen molar-refractivity contribution < 1.29 is 23.4 Å². The van der Waals surface area contributed by atoms with Gasteiger partial charge in [0.15, 0.2) is 0 Å². The zero-order valence-corrected chi connectivity index (χ0v) is 15.9. The summed E-state index contributed by atoms with van der Waals surface area (Å²) in [4.78, 5) is 29.6. The maximum atomic E-state index is 12.2. The van der Waals surface area contributed by atoms with Gasteiger partial charge in [-0.1, -0.05) is 30.6 Å². The van der Waals surface area contributed by atoms with Crippen LogP contribution in [0.4, 0.5) is 4.79 Å². The zero-order valence-electron chi connectivity index (χ0n) is 15.9.